The Labute approximate surface area is 313 Å². The molecule has 0 heterocycles. The van der Waals surface area contributed by atoms with E-state index in [0.717, 1.165) is 38.5 Å². The Kier molecular flexibility index (Phi) is 40.6. The SMILES string of the molecule is CCCCCCCCCCCCCCCCCCCCCCCCCCCC(=O)N[C@@H](CO)[C@H](O)[C@H](O)CCCCCCCCCCCCC. The average molecular weight is 710 g/mol. The Bertz CT molecular complexity index is 659. The topological polar surface area (TPSA) is 89.8 Å². The van der Waals surface area contributed by atoms with Gasteiger partial charge in [0.1, 0.15) is 6.10 Å². The molecule has 50 heavy (non-hydrogen) atoms. The molecule has 4 N–H and O–H groups in total. The van der Waals surface area contributed by atoms with Gasteiger partial charge in [-0.05, 0) is 12.8 Å². The molecule has 0 aliphatic rings. The van der Waals surface area contributed by atoms with Crippen molar-refractivity contribution in [1.29, 1.82) is 0 Å². The normalized spacial score (nSPS) is 13.5. The summed E-state index contributed by atoms with van der Waals surface area (Å²) in [5.41, 5.74) is 0. The van der Waals surface area contributed by atoms with Gasteiger partial charge in [0.2, 0.25) is 5.91 Å². The van der Waals surface area contributed by atoms with E-state index in [1.165, 1.54) is 193 Å². The summed E-state index contributed by atoms with van der Waals surface area (Å²) >= 11 is 0. The molecule has 1 amide bonds. The molecule has 0 bridgehead atoms. The lowest BCUT2D eigenvalue weighted by atomic mass is 9.99. The van der Waals surface area contributed by atoms with Crippen molar-refractivity contribution < 1.29 is 20.1 Å². The second-order valence-corrected chi connectivity index (χ2v) is 16.0. The second-order valence-electron chi connectivity index (χ2n) is 16.0. The fourth-order valence-corrected chi connectivity index (χ4v) is 7.40. The lowest BCUT2D eigenvalue weighted by molar-refractivity contribution is -0.124. The number of amides is 1. The van der Waals surface area contributed by atoms with Crippen molar-refractivity contribution in [2.75, 3.05) is 6.61 Å². The van der Waals surface area contributed by atoms with Gasteiger partial charge < -0.3 is 20.6 Å². The Hall–Kier alpha value is -0.650. The summed E-state index contributed by atoms with van der Waals surface area (Å²) in [6, 6.07) is -0.801. The number of hydrogen-bond donors (Lipinski definition) is 4. The fourth-order valence-electron chi connectivity index (χ4n) is 7.40. The number of unbranched alkanes of at least 4 members (excludes halogenated alkanes) is 34. The Morgan fingerprint density at radius 2 is 0.680 bits per heavy atom. The Morgan fingerprint density at radius 1 is 0.420 bits per heavy atom. The van der Waals surface area contributed by atoms with Crippen molar-refractivity contribution >= 4 is 5.91 Å². The minimum absolute atomic E-state index is 0.140. The van der Waals surface area contributed by atoms with Gasteiger partial charge in [-0.3, -0.25) is 4.79 Å². The lowest BCUT2D eigenvalue weighted by Gasteiger charge is -2.26. The van der Waals surface area contributed by atoms with Crippen molar-refractivity contribution in [2.45, 2.75) is 276 Å². The van der Waals surface area contributed by atoms with Gasteiger partial charge in [-0.15, -0.1) is 0 Å². The van der Waals surface area contributed by atoms with Gasteiger partial charge in [-0.1, -0.05) is 239 Å². The van der Waals surface area contributed by atoms with Crippen LogP contribution in [0.1, 0.15) is 258 Å². The van der Waals surface area contributed by atoms with Crippen molar-refractivity contribution in [2.24, 2.45) is 0 Å². The predicted molar refractivity (Wildman–Crippen MR) is 218 cm³/mol. The van der Waals surface area contributed by atoms with E-state index in [2.05, 4.69) is 19.2 Å². The third-order valence-corrected chi connectivity index (χ3v) is 11.0. The molecule has 0 aliphatic carbocycles. The van der Waals surface area contributed by atoms with Gasteiger partial charge in [0, 0.05) is 6.42 Å². The molecular weight excluding hydrogens is 618 g/mol. The Balaban J connectivity index is 3.50. The molecule has 5 heteroatoms. The summed E-state index contributed by atoms with van der Waals surface area (Å²) in [5.74, 6) is -0.140. The molecule has 0 aromatic carbocycles. The third kappa shape index (κ3) is 35.7. The first-order valence-corrected chi connectivity index (χ1v) is 22.8. The minimum atomic E-state index is -1.13. The van der Waals surface area contributed by atoms with Crippen molar-refractivity contribution in [1.82, 2.24) is 5.32 Å². The van der Waals surface area contributed by atoms with Crippen molar-refractivity contribution in [3.63, 3.8) is 0 Å². The number of carbonyl (C=O) groups excluding carboxylic acids is 1. The van der Waals surface area contributed by atoms with Gasteiger partial charge in [-0.2, -0.15) is 0 Å². The highest BCUT2D eigenvalue weighted by atomic mass is 16.3. The van der Waals surface area contributed by atoms with Crippen molar-refractivity contribution in [3.8, 4) is 0 Å². The van der Waals surface area contributed by atoms with Crippen LogP contribution in [0.3, 0.4) is 0 Å². The van der Waals surface area contributed by atoms with E-state index < -0.39 is 18.2 Å². The zero-order chi connectivity index (χ0) is 36.6. The molecule has 0 unspecified atom stereocenters. The number of nitrogens with one attached hydrogen (secondary N) is 1. The van der Waals surface area contributed by atoms with Crippen LogP contribution < -0.4 is 5.32 Å². The molecule has 300 valence electrons. The minimum Gasteiger partial charge on any atom is -0.394 e. The highest BCUT2D eigenvalue weighted by Crippen LogP contribution is 2.17. The van der Waals surface area contributed by atoms with Gasteiger partial charge in [0.15, 0.2) is 0 Å². The molecule has 0 aromatic rings. The molecule has 0 rings (SSSR count). The summed E-state index contributed by atoms with van der Waals surface area (Å²) in [7, 11) is 0. The number of rotatable bonds is 42. The maximum Gasteiger partial charge on any atom is 0.220 e. The van der Waals surface area contributed by atoms with Crippen LogP contribution in [-0.2, 0) is 4.79 Å². The van der Waals surface area contributed by atoms with E-state index in [4.69, 9.17) is 0 Å². The molecule has 0 spiro atoms. The van der Waals surface area contributed by atoms with Gasteiger partial charge in [-0.25, -0.2) is 0 Å². The number of aliphatic hydroxyl groups excluding tert-OH is 3. The molecule has 5 nitrogen and oxygen atoms in total. The highest BCUT2D eigenvalue weighted by molar-refractivity contribution is 5.76. The number of carbonyl (C=O) groups is 1. The fraction of sp³-hybridized carbons (Fsp3) is 0.978. The van der Waals surface area contributed by atoms with Gasteiger partial charge in [0.25, 0.3) is 0 Å². The van der Waals surface area contributed by atoms with E-state index in [1.807, 2.05) is 0 Å². The molecule has 0 saturated heterocycles. The number of hydrogen-bond acceptors (Lipinski definition) is 4. The standard InChI is InChI=1S/C45H91NO4/c1-3-5-7-9-11-13-15-16-17-18-19-20-21-22-23-24-25-26-27-28-30-32-34-36-38-40-44(49)46-42(41-47)45(50)43(48)39-37-35-33-31-29-14-12-10-8-6-4-2/h42-43,45,47-48,50H,3-41H2,1-2H3,(H,46,49)/t42-,43+,45-/m0/s1. The van der Waals surface area contributed by atoms with E-state index in [0.29, 0.717) is 12.8 Å². The van der Waals surface area contributed by atoms with E-state index >= 15 is 0 Å². The van der Waals surface area contributed by atoms with Crippen LogP contribution in [0.15, 0.2) is 0 Å². The van der Waals surface area contributed by atoms with E-state index in [-0.39, 0.29) is 12.5 Å². The first kappa shape index (κ1) is 49.4. The van der Waals surface area contributed by atoms with Gasteiger partial charge >= 0.3 is 0 Å². The smallest absolute Gasteiger partial charge is 0.220 e. The molecule has 0 saturated carbocycles. The van der Waals surface area contributed by atoms with Crippen LogP contribution in [0.4, 0.5) is 0 Å². The second kappa shape index (κ2) is 41.1. The molecule has 0 fully saturated rings. The van der Waals surface area contributed by atoms with E-state index in [9.17, 15) is 20.1 Å². The lowest BCUT2D eigenvalue weighted by Crippen LogP contribution is -2.50. The molecule has 0 radical (unpaired) electrons. The third-order valence-electron chi connectivity index (χ3n) is 11.0. The average Bonchev–Trinajstić information content (AvgIpc) is 3.12. The maximum absolute atomic E-state index is 12.4. The first-order chi connectivity index (χ1) is 24.6. The Morgan fingerprint density at radius 3 is 0.960 bits per heavy atom. The summed E-state index contributed by atoms with van der Waals surface area (Å²) in [5, 5.41) is 33.5. The predicted octanol–water partition coefficient (Wildman–Crippen LogP) is 13.0. The molecule has 0 aliphatic heterocycles. The zero-order valence-corrected chi connectivity index (χ0v) is 34.1. The highest BCUT2D eigenvalue weighted by Gasteiger charge is 2.26. The van der Waals surface area contributed by atoms with Gasteiger partial charge in [0.05, 0.1) is 18.8 Å². The van der Waals surface area contributed by atoms with Crippen LogP contribution in [0, 0.1) is 0 Å². The molecule has 0 aromatic heterocycles. The van der Waals surface area contributed by atoms with Crippen LogP contribution in [0.2, 0.25) is 0 Å². The molecular formula is C45H91NO4. The van der Waals surface area contributed by atoms with Crippen LogP contribution in [0.5, 0.6) is 0 Å². The first-order valence-electron chi connectivity index (χ1n) is 22.8. The van der Waals surface area contributed by atoms with E-state index in [1.54, 1.807) is 0 Å². The zero-order valence-electron chi connectivity index (χ0n) is 34.1. The summed E-state index contributed by atoms with van der Waals surface area (Å²) < 4.78 is 0. The number of aliphatic hydroxyl groups is 3. The monoisotopic (exact) mass is 710 g/mol. The summed E-state index contributed by atoms with van der Waals surface area (Å²) in [6.07, 6.45) is 46.5. The van der Waals surface area contributed by atoms with Crippen LogP contribution in [0.25, 0.3) is 0 Å². The molecule has 3 atom stereocenters. The van der Waals surface area contributed by atoms with Crippen LogP contribution in [-0.4, -0.2) is 46.1 Å². The summed E-state index contributed by atoms with van der Waals surface area (Å²) in [6.45, 7) is 4.19. The van der Waals surface area contributed by atoms with Crippen molar-refractivity contribution in [3.05, 3.63) is 0 Å². The summed E-state index contributed by atoms with van der Waals surface area (Å²) in [4.78, 5) is 12.4. The van der Waals surface area contributed by atoms with Crippen LogP contribution >= 0.6 is 0 Å². The largest absolute Gasteiger partial charge is 0.394 e. The quantitative estimate of drug-likeness (QED) is 0.0475. The maximum atomic E-state index is 12.4.